The van der Waals surface area contributed by atoms with Gasteiger partial charge >= 0.3 is 6.03 Å². The number of carbonyl (C=O) groups excluding carboxylic acids is 4. The zero-order valence-corrected chi connectivity index (χ0v) is 35.0. The predicted octanol–water partition coefficient (Wildman–Crippen LogP) is 6.77. The molecule has 7 heterocycles. The minimum atomic E-state index is -0.573. The Morgan fingerprint density at radius 1 is 0.774 bits per heavy atom. The topological polar surface area (TPSA) is 183 Å². The van der Waals surface area contributed by atoms with E-state index in [2.05, 4.69) is 46.2 Å². The van der Waals surface area contributed by atoms with E-state index in [0.717, 1.165) is 116 Å². The number of imide groups is 1. The highest BCUT2D eigenvalue weighted by Crippen LogP contribution is 2.35. The number of nitrogens with two attached hydrogens (primary N) is 1. The first-order valence-electron chi connectivity index (χ1n) is 22.1. The largest absolute Gasteiger partial charge is 0.457 e. The van der Waals surface area contributed by atoms with E-state index >= 15 is 0 Å². The smallest absolute Gasteiger partial charge is 0.319 e. The molecular weight excluding hydrogens is 785 g/mol. The van der Waals surface area contributed by atoms with Gasteiger partial charge in [-0.3, -0.25) is 24.8 Å². The number of nitrogens with one attached hydrogen (secondary N) is 2. The van der Waals surface area contributed by atoms with Crippen LogP contribution < -0.4 is 20.7 Å². The van der Waals surface area contributed by atoms with Crippen molar-refractivity contribution in [3.8, 4) is 22.8 Å². The molecule has 5 aliphatic heterocycles. The summed E-state index contributed by atoms with van der Waals surface area (Å²) in [4.78, 5) is 66.0. The van der Waals surface area contributed by atoms with Gasteiger partial charge in [-0.05, 0) is 130 Å². The Morgan fingerprint density at radius 2 is 1.47 bits per heavy atom. The maximum atomic E-state index is 13.0. The minimum absolute atomic E-state index is 0.117. The van der Waals surface area contributed by atoms with Crippen molar-refractivity contribution in [1.29, 1.82) is 0 Å². The number of likely N-dealkylation sites (tertiary alicyclic amines) is 2. The van der Waals surface area contributed by atoms with Crippen LogP contribution in [0.15, 0.2) is 79.1 Å². The predicted molar refractivity (Wildman–Crippen MR) is 235 cm³/mol. The summed E-state index contributed by atoms with van der Waals surface area (Å²) < 4.78 is 5.79. The van der Waals surface area contributed by atoms with Crippen LogP contribution in [0.4, 0.5) is 16.3 Å². The Balaban J connectivity index is 0.000000181. The molecule has 62 heavy (non-hydrogen) atoms. The summed E-state index contributed by atoms with van der Waals surface area (Å²) in [7, 11) is 0. The van der Waals surface area contributed by atoms with Crippen LogP contribution in [0.3, 0.4) is 0 Å². The number of H-pyrrole nitrogens is 1. The van der Waals surface area contributed by atoms with Crippen molar-refractivity contribution in [3.05, 3.63) is 90.3 Å². The van der Waals surface area contributed by atoms with E-state index in [9.17, 15) is 19.2 Å². The summed E-state index contributed by atoms with van der Waals surface area (Å²) in [6, 6.07) is 23.1. The number of amides is 5. The first-order chi connectivity index (χ1) is 30.3. The maximum absolute atomic E-state index is 13.0. The highest BCUT2D eigenvalue weighted by molar-refractivity contribution is 6.05. The fraction of sp³-hybridized carbons (Fsp3) is 0.426. The van der Waals surface area contributed by atoms with Gasteiger partial charge in [-0.2, -0.15) is 5.10 Å². The second-order valence-corrected chi connectivity index (χ2v) is 17.2. The Morgan fingerprint density at radius 3 is 2.19 bits per heavy atom. The first kappa shape index (κ1) is 40.9. The summed E-state index contributed by atoms with van der Waals surface area (Å²) >= 11 is 0. The zero-order valence-electron chi connectivity index (χ0n) is 35.0. The first-order valence-corrected chi connectivity index (χ1v) is 22.1. The molecule has 5 amide bonds. The van der Waals surface area contributed by atoms with Crippen molar-refractivity contribution in [3.63, 3.8) is 0 Å². The molecule has 322 valence electrons. The van der Waals surface area contributed by atoms with Crippen LogP contribution in [-0.4, -0.2) is 104 Å². The third-order valence-electron chi connectivity index (χ3n) is 13.2. The summed E-state index contributed by atoms with van der Waals surface area (Å²) in [5.41, 5.74) is 11.0. The fourth-order valence-corrected chi connectivity index (χ4v) is 9.70. The summed E-state index contributed by atoms with van der Waals surface area (Å²) in [5, 5.41) is 10.2. The van der Waals surface area contributed by atoms with Gasteiger partial charge in [0.25, 0.3) is 5.91 Å². The number of nitrogen functional groups attached to an aromatic ring is 1. The lowest BCUT2D eigenvalue weighted by molar-refractivity contribution is -0.136. The number of anilines is 2. The van der Waals surface area contributed by atoms with Crippen LogP contribution in [0.25, 0.3) is 22.3 Å². The monoisotopic (exact) mass is 838 g/mol. The van der Waals surface area contributed by atoms with Crippen molar-refractivity contribution < 1.29 is 23.9 Å². The number of hydrogen-bond donors (Lipinski definition) is 3. The molecule has 2 aromatic heterocycles. The van der Waals surface area contributed by atoms with Crippen molar-refractivity contribution in [1.82, 2.24) is 40.2 Å². The molecule has 0 saturated carbocycles. The molecule has 4 N–H and O–H groups in total. The van der Waals surface area contributed by atoms with E-state index < -0.39 is 6.04 Å². The molecule has 4 saturated heterocycles. The SMILES string of the molecule is Nc1ncnc2n[nH]c(-c3ccc(Oc4ccccc4)cc3)c12.O=C1CCC(N2Cc3cc(N4CCC(CC5CCN(C(=O)N6CCCCC6)CC5)CC4)ccc3C2=O)C(=O)N1. The third kappa shape index (κ3) is 8.93. The molecule has 10 rings (SSSR count). The van der Waals surface area contributed by atoms with Crippen molar-refractivity contribution in [2.75, 3.05) is 49.9 Å². The van der Waals surface area contributed by atoms with E-state index in [0.29, 0.717) is 30.0 Å². The van der Waals surface area contributed by atoms with Crippen molar-refractivity contribution >= 4 is 46.3 Å². The number of nitrogens with zero attached hydrogens (tertiary/aromatic N) is 7. The van der Waals surface area contributed by atoms with Crippen LogP contribution in [-0.2, 0) is 16.1 Å². The van der Waals surface area contributed by atoms with Gasteiger partial charge in [-0.1, -0.05) is 18.2 Å². The van der Waals surface area contributed by atoms with Gasteiger partial charge in [0.1, 0.15) is 29.7 Å². The molecule has 0 aliphatic carbocycles. The van der Waals surface area contributed by atoms with Gasteiger partial charge in [-0.25, -0.2) is 14.8 Å². The number of carbonyl (C=O) groups is 4. The standard InChI is InChI=1S/C30H41N5O4.C17H13N5O/c36-27-7-6-26(28(37)31-27)35-20-23-19-24(4-5-25(23)29(35)38)32-14-8-21(9-15-32)18-22-10-16-34(17-11-22)30(39)33-12-2-1-3-13-33;18-16-14-15(21-22-17(14)20-10-19-16)11-6-8-13(9-7-11)23-12-4-2-1-3-5-12/h4-5,19,21-22,26H,1-3,6-18,20H2,(H,31,36,37);1-10H,(H3,18,19,20,21,22). The van der Waals surface area contributed by atoms with E-state index in [1.807, 2.05) is 66.7 Å². The number of rotatable bonds is 7. The molecule has 15 nitrogen and oxygen atoms in total. The molecule has 4 fully saturated rings. The molecule has 0 radical (unpaired) electrons. The molecule has 5 aliphatic rings. The molecule has 0 spiro atoms. The van der Waals surface area contributed by atoms with Gasteiger partial charge in [0, 0.05) is 69.0 Å². The average Bonchev–Trinajstić information content (AvgIpc) is 3.89. The molecule has 1 atom stereocenters. The van der Waals surface area contributed by atoms with Crippen molar-refractivity contribution in [2.24, 2.45) is 11.8 Å². The number of urea groups is 1. The highest BCUT2D eigenvalue weighted by Gasteiger charge is 2.39. The van der Waals surface area contributed by atoms with Crippen LogP contribution in [0.1, 0.15) is 80.1 Å². The number of para-hydroxylation sites is 1. The molecule has 15 heteroatoms. The Labute approximate surface area is 361 Å². The number of benzene rings is 3. The number of ether oxygens (including phenoxy) is 1. The number of hydrogen-bond acceptors (Lipinski definition) is 10. The Bertz CT molecular complexity index is 2400. The maximum Gasteiger partial charge on any atom is 0.319 e. The van der Waals surface area contributed by atoms with Gasteiger partial charge in [0.2, 0.25) is 11.8 Å². The lowest BCUT2D eigenvalue weighted by Crippen LogP contribution is -2.52. The quantitative estimate of drug-likeness (QED) is 0.148. The van der Waals surface area contributed by atoms with E-state index in [1.54, 1.807) is 4.90 Å². The Kier molecular flexibility index (Phi) is 12.0. The number of piperidine rings is 4. The molecule has 0 bridgehead atoms. The fourth-order valence-electron chi connectivity index (χ4n) is 9.70. The molecule has 5 aromatic rings. The van der Waals surface area contributed by atoms with E-state index in [-0.39, 0.29) is 30.2 Å². The van der Waals surface area contributed by atoms with E-state index in [1.165, 1.54) is 32.0 Å². The summed E-state index contributed by atoms with van der Waals surface area (Å²) in [6.45, 7) is 6.11. The van der Waals surface area contributed by atoms with E-state index in [4.69, 9.17) is 10.5 Å². The normalized spacial score (nSPS) is 19.9. The summed E-state index contributed by atoms with van der Waals surface area (Å²) in [5.74, 6) is 2.66. The van der Waals surface area contributed by atoms with Gasteiger partial charge in [0.05, 0.1) is 11.1 Å². The molecule has 3 aromatic carbocycles. The highest BCUT2D eigenvalue weighted by atomic mass is 16.5. The number of fused-ring (bicyclic) bond motifs is 2. The number of aromatic amines is 1. The van der Waals surface area contributed by atoms with Crippen LogP contribution >= 0.6 is 0 Å². The summed E-state index contributed by atoms with van der Waals surface area (Å²) in [6.07, 6.45) is 11.5. The Hall–Kier alpha value is -6.51. The second kappa shape index (κ2) is 18.2. The molecule has 1 unspecified atom stereocenters. The van der Waals surface area contributed by atoms with Crippen LogP contribution in [0.5, 0.6) is 11.5 Å². The lowest BCUT2D eigenvalue weighted by Gasteiger charge is -2.39. The van der Waals surface area contributed by atoms with Gasteiger partial charge in [0.15, 0.2) is 5.65 Å². The van der Waals surface area contributed by atoms with Crippen molar-refractivity contribution in [2.45, 2.75) is 76.8 Å². The zero-order chi connectivity index (χ0) is 42.6. The van der Waals surface area contributed by atoms with Gasteiger partial charge < -0.3 is 30.1 Å². The second-order valence-electron chi connectivity index (χ2n) is 17.2. The van der Waals surface area contributed by atoms with Gasteiger partial charge in [-0.15, -0.1) is 0 Å². The van der Waals surface area contributed by atoms with Crippen LogP contribution in [0.2, 0.25) is 0 Å². The van der Waals surface area contributed by atoms with Crippen LogP contribution in [0, 0.1) is 11.8 Å². The molecular formula is C47H54N10O5. The lowest BCUT2D eigenvalue weighted by atomic mass is 9.82. The third-order valence-corrected chi connectivity index (χ3v) is 13.2. The average molecular weight is 839 g/mol. The number of aromatic nitrogens is 4. The minimum Gasteiger partial charge on any atom is -0.457 e.